The van der Waals surface area contributed by atoms with E-state index in [9.17, 15) is 9.59 Å². The van der Waals surface area contributed by atoms with Crippen molar-refractivity contribution in [3.05, 3.63) is 39.7 Å². The summed E-state index contributed by atoms with van der Waals surface area (Å²) in [5.41, 5.74) is 7.23. The third-order valence-corrected chi connectivity index (χ3v) is 5.06. The van der Waals surface area contributed by atoms with Crippen LogP contribution >= 0.6 is 0 Å². The van der Waals surface area contributed by atoms with Crippen LogP contribution in [-0.2, 0) is 11.2 Å². The van der Waals surface area contributed by atoms with Crippen LogP contribution in [0.15, 0.2) is 27.4 Å². The van der Waals surface area contributed by atoms with Crippen LogP contribution in [0.3, 0.4) is 0 Å². The fraction of sp³-hybridized carbons (Fsp3) is 0.474. The Morgan fingerprint density at radius 1 is 1.44 bits per heavy atom. The number of benzene rings is 1. The predicted octanol–water partition coefficient (Wildman–Crippen LogP) is 1.85. The summed E-state index contributed by atoms with van der Waals surface area (Å²) in [5.74, 6) is 1.11. The van der Waals surface area contributed by atoms with Gasteiger partial charge < -0.3 is 19.8 Å². The first-order chi connectivity index (χ1) is 12.0. The fourth-order valence-corrected chi connectivity index (χ4v) is 3.43. The van der Waals surface area contributed by atoms with Crippen LogP contribution in [0.5, 0.6) is 5.75 Å². The molecule has 6 heteroatoms. The number of ether oxygens (including phenoxy) is 1. The summed E-state index contributed by atoms with van der Waals surface area (Å²) in [6.45, 7) is 3.98. The van der Waals surface area contributed by atoms with Crippen LogP contribution in [0.2, 0.25) is 0 Å². The van der Waals surface area contributed by atoms with Gasteiger partial charge in [0.2, 0.25) is 5.91 Å². The van der Waals surface area contributed by atoms with E-state index in [4.69, 9.17) is 14.9 Å². The summed E-state index contributed by atoms with van der Waals surface area (Å²) in [5, 5.41) is 0.868. The summed E-state index contributed by atoms with van der Waals surface area (Å²) in [6.07, 6.45) is 1.66. The minimum absolute atomic E-state index is 0.0737. The number of amides is 1. The lowest BCUT2D eigenvalue weighted by Crippen LogP contribution is -2.30. The molecule has 1 aliphatic rings. The van der Waals surface area contributed by atoms with Gasteiger partial charge in [-0.25, -0.2) is 4.79 Å². The van der Waals surface area contributed by atoms with E-state index in [1.54, 1.807) is 13.2 Å². The van der Waals surface area contributed by atoms with Gasteiger partial charge in [-0.2, -0.15) is 0 Å². The maximum Gasteiger partial charge on any atom is 0.339 e. The number of nitrogens with zero attached hydrogens (tertiary/aromatic N) is 1. The van der Waals surface area contributed by atoms with E-state index in [-0.39, 0.29) is 11.5 Å². The lowest BCUT2D eigenvalue weighted by Gasteiger charge is -2.16. The lowest BCUT2D eigenvalue weighted by molar-refractivity contribution is -0.130. The van der Waals surface area contributed by atoms with Gasteiger partial charge in [-0.05, 0) is 49.9 Å². The Labute approximate surface area is 146 Å². The molecule has 2 N–H and O–H groups in total. The Morgan fingerprint density at radius 2 is 2.24 bits per heavy atom. The molecule has 0 bridgehead atoms. The number of methoxy groups -OCH3 is 1. The van der Waals surface area contributed by atoms with E-state index < -0.39 is 0 Å². The number of carbonyl (C=O) groups is 1. The maximum absolute atomic E-state index is 12.4. The first kappa shape index (κ1) is 17.5. The van der Waals surface area contributed by atoms with E-state index in [1.807, 2.05) is 24.0 Å². The third-order valence-electron chi connectivity index (χ3n) is 5.06. The van der Waals surface area contributed by atoms with Gasteiger partial charge in [0.25, 0.3) is 0 Å². The number of carbonyl (C=O) groups excluding carboxylic acids is 1. The van der Waals surface area contributed by atoms with Gasteiger partial charge in [0.15, 0.2) is 0 Å². The van der Waals surface area contributed by atoms with E-state index in [1.165, 1.54) is 0 Å². The van der Waals surface area contributed by atoms with Crippen LogP contribution in [0.25, 0.3) is 11.0 Å². The van der Waals surface area contributed by atoms with Gasteiger partial charge in [-0.3, -0.25) is 4.79 Å². The minimum Gasteiger partial charge on any atom is -0.497 e. The molecule has 1 aromatic heterocycles. The van der Waals surface area contributed by atoms with E-state index >= 15 is 0 Å². The third kappa shape index (κ3) is 3.54. The zero-order valence-electron chi connectivity index (χ0n) is 14.7. The lowest BCUT2D eigenvalue weighted by atomic mass is 10.0. The SMILES string of the molecule is COc1ccc2c(C)c(CCC(=O)N3CCC(CN)C3)c(=O)oc2c1. The topological polar surface area (TPSA) is 85.8 Å². The molecule has 1 saturated heterocycles. The number of hydrogen-bond acceptors (Lipinski definition) is 5. The molecule has 0 spiro atoms. The van der Waals surface area contributed by atoms with Crippen LogP contribution in [-0.4, -0.2) is 37.6 Å². The Kier molecular flexibility index (Phi) is 5.08. The number of aryl methyl sites for hydroxylation is 1. The normalized spacial score (nSPS) is 17.2. The number of rotatable bonds is 5. The molecule has 2 aromatic rings. The van der Waals surface area contributed by atoms with Crippen molar-refractivity contribution < 1.29 is 13.9 Å². The molecule has 1 amide bonds. The van der Waals surface area contributed by atoms with Crippen LogP contribution in [0, 0.1) is 12.8 Å². The fourth-order valence-electron chi connectivity index (χ4n) is 3.43. The standard InChI is InChI=1S/C19H24N2O4/c1-12-15-4-3-14(24-2)9-17(15)25-19(23)16(12)5-6-18(22)21-8-7-13(10-20)11-21/h3-4,9,13H,5-8,10-11,20H2,1-2H3. The molecule has 2 heterocycles. The van der Waals surface area contributed by atoms with Gasteiger partial charge in [-0.1, -0.05) is 0 Å². The van der Waals surface area contributed by atoms with Crippen molar-refractivity contribution in [3.63, 3.8) is 0 Å². The molecule has 0 radical (unpaired) electrons. The Balaban J connectivity index is 1.77. The van der Waals surface area contributed by atoms with Gasteiger partial charge in [0, 0.05) is 36.5 Å². The summed E-state index contributed by atoms with van der Waals surface area (Å²) in [4.78, 5) is 26.6. The molecule has 1 aliphatic heterocycles. The summed E-state index contributed by atoms with van der Waals surface area (Å²) in [7, 11) is 1.57. The van der Waals surface area contributed by atoms with Crippen molar-refractivity contribution in [1.82, 2.24) is 4.90 Å². The van der Waals surface area contributed by atoms with Gasteiger partial charge >= 0.3 is 5.63 Å². The molecule has 1 unspecified atom stereocenters. The highest BCUT2D eigenvalue weighted by atomic mass is 16.5. The molecule has 25 heavy (non-hydrogen) atoms. The molecular weight excluding hydrogens is 320 g/mol. The van der Waals surface area contributed by atoms with Crippen molar-refractivity contribution in [3.8, 4) is 5.75 Å². The Bertz CT molecular complexity index is 843. The van der Waals surface area contributed by atoms with Crippen molar-refractivity contribution in [2.45, 2.75) is 26.2 Å². The monoisotopic (exact) mass is 344 g/mol. The molecule has 1 fully saturated rings. The highest BCUT2D eigenvalue weighted by Gasteiger charge is 2.25. The minimum atomic E-state index is -0.382. The second-order valence-electron chi connectivity index (χ2n) is 6.59. The Hall–Kier alpha value is -2.34. The summed E-state index contributed by atoms with van der Waals surface area (Å²) in [6, 6.07) is 5.42. The molecular formula is C19H24N2O4. The van der Waals surface area contributed by atoms with E-state index in [0.29, 0.717) is 42.2 Å². The number of nitrogens with two attached hydrogens (primary N) is 1. The second kappa shape index (κ2) is 7.27. The van der Waals surface area contributed by atoms with Crippen molar-refractivity contribution >= 4 is 16.9 Å². The highest BCUT2D eigenvalue weighted by molar-refractivity contribution is 5.82. The van der Waals surface area contributed by atoms with Crippen LogP contribution in [0.1, 0.15) is 24.0 Å². The van der Waals surface area contributed by atoms with E-state index in [0.717, 1.165) is 30.5 Å². The van der Waals surface area contributed by atoms with E-state index in [2.05, 4.69) is 0 Å². The molecule has 0 saturated carbocycles. The van der Waals surface area contributed by atoms with Gasteiger partial charge in [0.05, 0.1) is 7.11 Å². The smallest absolute Gasteiger partial charge is 0.339 e. The van der Waals surface area contributed by atoms with Crippen LogP contribution in [0.4, 0.5) is 0 Å². The summed E-state index contributed by atoms with van der Waals surface area (Å²) < 4.78 is 10.6. The number of hydrogen-bond donors (Lipinski definition) is 1. The molecule has 3 rings (SSSR count). The largest absolute Gasteiger partial charge is 0.497 e. The zero-order chi connectivity index (χ0) is 18.0. The molecule has 134 valence electrons. The average Bonchev–Trinajstić information content (AvgIpc) is 3.10. The van der Waals surface area contributed by atoms with Gasteiger partial charge in [-0.15, -0.1) is 0 Å². The first-order valence-electron chi connectivity index (χ1n) is 8.61. The molecule has 6 nitrogen and oxygen atoms in total. The predicted molar refractivity (Wildman–Crippen MR) is 95.8 cm³/mol. The maximum atomic E-state index is 12.4. The number of fused-ring (bicyclic) bond motifs is 1. The van der Waals surface area contributed by atoms with Crippen LogP contribution < -0.4 is 16.1 Å². The van der Waals surface area contributed by atoms with Crippen molar-refractivity contribution in [2.24, 2.45) is 11.7 Å². The van der Waals surface area contributed by atoms with Crippen molar-refractivity contribution in [1.29, 1.82) is 0 Å². The highest BCUT2D eigenvalue weighted by Crippen LogP contribution is 2.25. The first-order valence-corrected chi connectivity index (χ1v) is 8.61. The summed E-state index contributed by atoms with van der Waals surface area (Å²) >= 11 is 0. The van der Waals surface area contributed by atoms with Crippen molar-refractivity contribution in [2.75, 3.05) is 26.7 Å². The molecule has 1 aromatic carbocycles. The Morgan fingerprint density at radius 3 is 2.92 bits per heavy atom. The van der Waals surface area contributed by atoms with Gasteiger partial charge in [0.1, 0.15) is 11.3 Å². The quantitative estimate of drug-likeness (QED) is 0.837. The second-order valence-corrected chi connectivity index (χ2v) is 6.59. The molecule has 0 aliphatic carbocycles. The zero-order valence-corrected chi connectivity index (χ0v) is 14.7. The number of likely N-dealkylation sites (tertiary alicyclic amines) is 1. The average molecular weight is 344 g/mol. The molecule has 1 atom stereocenters.